The lowest BCUT2D eigenvalue weighted by Crippen LogP contribution is -2.43. The third-order valence-electron chi connectivity index (χ3n) is 3.63. The Balaban J connectivity index is 0.00000121. The molecule has 7 heteroatoms. The number of carbonyl (C=O) groups excluding carboxylic acids is 1. The lowest BCUT2D eigenvalue weighted by molar-refractivity contribution is -0.312. The molecule has 0 radical (unpaired) electrons. The van der Waals surface area contributed by atoms with Crippen molar-refractivity contribution in [2.45, 2.75) is 19.0 Å². The Hall–Kier alpha value is -1.11. The van der Waals surface area contributed by atoms with Crippen LogP contribution in [0, 0.1) is 0 Å². The molecule has 22 heavy (non-hydrogen) atoms. The van der Waals surface area contributed by atoms with E-state index in [1.807, 2.05) is 4.90 Å². The standard InChI is InChI=1S/C15H14ClNO2S.ClH.H2O/c16-12-4-2-1-3-11(12)14(15(18)19)17-7-5-13-10(9-17)6-8-20-13;;/h1-4,6,8,14H,5,7,9H2,(H,18,19);1H;1H2/p-1. The van der Waals surface area contributed by atoms with Gasteiger partial charge in [0.25, 0.3) is 0 Å². The fourth-order valence-electron chi connectivity index (χ4n) is 2.66. The number of thiophene rings is 1. The van der Waals surface area contributed by atoms with Gasteiger partial charge in [-0.2, -0.15) is 0 Å². The Labute approximate surface area is 144 Å². The molecule has 0 bridgehead atoms. The first-order valence-electron chi connectivity index (χ1n) is 6.41. The van der Waals surface area contributed by atoms with Crippen LogP contribution in [0.25, 0.3) is 0 Å². The summed E-state index contributed by atoms with van der Waals surface area (Å²) in [5.74, 6) is -1.10. The van der Waals surface area contributed by atoms with E-state index in [9.17, 15) is 9.90 Å². The molecule has 2 heterocycles. The topological polar surface area (TPSA) is 74.9 Å². The molecule has 1 atom stereocenters. The average Bonchev–Trinajstić information content (AvgIpc) is 2.88. The van der Waals surface area contributed by atoms with Crippen molar-refractivity contribution in [2.24, 2.45) is 0 Å². The van der Waals surface area contributed by atoms with Crippen LogP contribution in [0.3, 0.4) is 0 Å². The second-order valence-electron chi connectivity index (χ2n) is 4.83. The maximum Gasteiger partial charge on any atom is 0.0766 e. The van der Waals surface area contributed by atoms with Crippen molar-refractivity contribution in [2.75, 3.05) is 6.54 Å². The van der Waals surface area contributed by atoms with Crippen molar-refractivity contribution in [3.63, 3.8) is 0 Å². The molecule has 1 aliphatic heterocycles. The summed E-state index contributed by atoms with van der Waals surface area (Å²) in [6.07, 6.45) is 0.876. The molecule has 3 rings (SSSR count). The normalized spacial score (nSPS) is 15.1. The van der Waals surface area contributed by atoms with Crippen LogP contribution in [-0.4, -0.2) is 22.9 Å². The van der Waals surface area contributed by atoms with Gasteiger partial charge >= 0.3 is 0 Å². The number of benzene rings is 1. The fourth-order valence-corrected chi connectivity index (χ4v) is 3.79. The Morgan fingerprint density at radius 3 is 2.73 bits per heavy atom. The van der Waals surface area contributed by atoms with Crippen molar-refractivity contribution < 1.29 is 15.4 Å². The SMILES string of the molecule is Cl.O.O=C([O-])C(c1ccccc1Cl)N1CCc2sccc2C1. The first kappa shape index (κ1) is 18.9. The van der Waals surface area contributed by atoms with Crippen molar-refractivity contribution in [1.82, 2.24) is 4.90 Å². The maximum atomic E-state index is 11.6. The van der Waals surface area contributed by atoms with Crippen LogP contribution in [0.5, 0.6) is 0 Å². The van der Waals surface area contributed by atoms with Gasteiger partial charge in [0.05, 0.1) is 12.0 Å². The van der Waals surface area contributed by atoms with Gasteiger partial charge < -0.3 is 15.4 Å². The van der Waals surface area contributed by atoms with Crippen LogP contribution in [0.15, 0.2) is 35.7 Å². The number of fused-ring (bicyclic) bond motifs is 1. The minimum absolute atomic E-state index is 0. The molecule has 0 aliphatic carbocycles. The number of carboxylic acids is 1. The summed E-state index contributed by atoms with van der Waals surface area (Å²) in [5.41, 5.74) is 1.81. The van der Waals surface area contributed by atoms with Crippen LogP contribution in [0.2, 0.25) is 5.02 Å². The number of halogens is 2. The number of carbonyl (C=O) groups is 1. The molecule has 1 aliphatic rings. The largest absolute Gasteiger partial charge is 0.548 e. The fraction of sp³-hybridized carbons (Fsp3) is 0.267. The number of rotatable bonds is 3. The molecule has 120 valence electrons. The van der Waals surface area contributed by atoms with E-state index in [1.165, 1.54) is 10.4 Å². The maximum absolute atomic E-state index is 11.6. The van der Waals surface area contributed by atoms with Gasteiger partial charge in [-0.1, -0.05) is 29.8 Å². The van der Waals surface area contributed by atoms with Crippen LogP contribution >= 0.6 is 35.3 Å². The Morgan fingerprint density at radius 2 is 2.05 bits per heavy atom. The number of aliphatic carboxylic acids is 1. The zero-order valence-electron chi connectivity index (χ0n) is 11.6. The highest BCUT2D eigenvalue weighted by Crippen LogP contribution is 2.32. The number of hydrogen-bond acceptors (Lipinski definition) is 4. The van der Waals surface area contributed by atoms with Crippen molar-refractivity contribution >= 4 is 41.3 Å². The van der Waals surface area contributed by atoms with Gasteiger partial charge in [0.1, 0.15) is 0 Å². The minimum Gasteiger partial charge on any atom is -0.548 e. The van der Waals surface area contributed by atoms with Crippen LogP contribution in [0.1, 0.15) is 22.0 Å². The van der Waals surface area contributed by atoms with E-state index in [-0.39, 0.29) is 17.9 Å². The lowest BCUT2D eigenvalue weighted by atomic mass is 10.0. The highest BCUT2D eigenvalue weighted by molar-refractivity contribution is 7.10. The van der Waals surface area contributed by atoms with Crippen molar-refractivity contribution in [3.8, 4) is 0 Å². The molecule has 0 fully saturated rings. The van der Waals surface area contributed by atoms with E-state index in [0.29, 0.717) is 23.7 Å². The third-order valence-corrected chi connectivity index (χ3v) is 4.99. The van der Waals surface area contributed by atoms with Crippen molar-refractivity contribution in [3.05, 3.63) is 56.7 Å². The Morgan fingerprint density at radius 1 is 1.32 bits per heavy atom. The van der Waals surface area contributed by atoms with Crippen molar-refractivity contribution in [1.29, 1.82) is 0 Å². The van der Waals surface area contributed by atoms with Gasteiger partial charge in [-0.15, -0.1) is 23.7 Å². The molecule has 2 aromatic rings. The first-order valence-corrected chi connectivity index (χ1v) is 7.67. The van der Waals surface area contributed by atoms with E-state index >= 15 is 0 Å². The molecule has 0 saturated heterocycles. The molecule has 0 amide bonds. The average molecular weight is 361 g/mol. The lowest BCUT2D eigenvalue weighted by Gasteiger charge is -2.35. The zero-order valence-corrected chi connectivity index (χ0v) is 14.0. The smallest absolute Gasteiger partial charge is 0.0766 e. The minimum atomic E-state index is -1.10. The van der Waals surface area contributed by atoms with E-state index < -0.39 is 12.0 Å². The summed E-state index contributed by atoms with van der Waals surface area (Å²) in [6, 6.07) is 8.34. The van der Waals surface area contributed by atoms with E-state index in [0.717, 1.165) is 6.42 Å². The summed E-state index contributed by atoms with van der Waals surface area (Å²) in [7, 11) is 0. The van der Waals surface area contributed by atoms with Crippen LogP contribution in [-0.2, 0) is 17.8 Å². The van der Waals surface area contributed by atoms with E-state index in [2.05, 4.69) is 11.4 Å². The van der Waals surface area contributed by atoms with Crippen LogP contribution < -0.4 is 5.11 Å². The first-order chi connectivity index (χ1) is 9.66. The summed E-state index contributed by atoms with van der Waals surface area (Å²) in [6.45, 7) is 1.33. The van der Waals surface area contributed by atoms with Crippen LogP contribution in [0.4, 0.5) is 0 Å². The monoisotopic (exact) mass is 360 g/mol. The molecular weight excluding hydrogens is 345 g/mol. The summed E-state index contributed by atoms with van der Waals surface area (Å²) in [4.78, 5) is 14.9. The molecule has 1 aromatic heterocycles. The van der Waals surface area contributed by atoms with E-state index in [4.69, 9.17) is 11.6 Å². The highest BCUT2D eigenvalue weighted by Gasteiger charge is 2.27. The van der Waals surface area contributed by atoms with Gasteiger partial charge in [0.2, 0.25) is 0 Å². The molecule has 0 spiro atoms. The molecule has 4 nitrogen and oxygen atoms in total. The van der Waals surface area contributed by atoms with Gasteiger partial charge in [-0.05, 0) is 35.1 Å². The van der Waals surface area contributed by atoms with Gasteiger partial charge in [-0.3, -0.25) is 4.90 Å². The molecular formula is C15H16Cl2NO3S-. The van der Waals surface area contributed by atoms with Gasteiger partial charge in [0.15, 0.2) is 0 Å². The van der Waals surface area contributed by atoms with E-state index in [1.54, 1.807) is 35.6 Å². The molecule has 1 aromatic carbocycles. The van der Waals surface area contributed by atoms with Gasteiger partial charge in [-0.25, -0.2) is 0 Å². The third kappa shape index (κ3) is 3.62. The summed E-state index contributed by atoms with van der Waals surface area (Å²) in [5, 5.41) is 14.1. The highest BCUT2D eigenvalue weighted by atomic mass is 35.5. The van der Waals surface area contributed by atoms with Gasteiger partial charge in [0, 0.05) is 23.0 Å². The predicted octanol–water partition coefficient (Wildman–Crippen LogP) is 1.85. The number of hydrogen-bond donors (Lipinski definition) is 0. The molecule has 1 unspecified atom stereocenters. The Bertz CT molecular complexity index is 647. The predicted molar refractivity (Wildman–Crippen MR) is 88.5 cm³/mol. The summed E-state index contributed by atoms with van der Waals surface area (Å²) < 4.78 is 0. The Kier molecular flexibility index (Phi) is 6.84. The quantitative estimate of drug-likeness (QED) is 0.837. The number of carboxylic acid groups (broad SMARTS) is 1. The summed E-state index contributed by atoms with van der Waals surface area (Å²) >= 11 is 7.88. The second kappa shape index (κ2) is 7.94. The number of nitrogens with zero attached hydrogens (tertiary/aromatic N) is 1. The second-order valence-corrected chi connectivity index (χ2v) is 6.24. The molecule has 2 N–H and O–H groups in total. The molecule has 0 saturated carbocycles. The zero-order chi connectivity index (χ0) is 14.1.